The lowest BCUT2D eigenvalue weighted by atomic mass is 10.2. The maximum Gasteiger partial charge on any atom is 0.262 e. The monoisotopic (exact) mass is 445 g/mol. The normalized spacial score (nSPS) is 10.9. The van der Waals surface area contributed by atoms with Crippen LogP contribution in [0.2, 0.25) is 5.02 Å². The number of thioether (sulfide) groups is 1. The Labute approximate surface area is 184 Å². The van der Waals surface area contributed by atoms with Gasteiger partial charge in [0.1, 0.15) is 5.75 Å². The molecule has 30 heavy (non-hydrogen) atoms. The standard InChI is InChI=1S/C22H24ClN3O3S/c1-4-10-26-21(28)18-9-8-16(23)12-19(18)24-22(26)30-14-20(27)25(2)13-15-6-5-7-17(11-15)29-3/h5-9,11-12H,4,10,13-14H2,1-3H3. The molecule has 6 nitrogen and oxygen atoms in total. The van der Waals surface area contributed by atoms with Crippen LogP contribution in [0.4, 0.5) is 0 Å². The molecule has 158 valence electrons. The molecule has 0 atom stereocenters. The molecule has 3 rings (SSSR count). The summed E-state index contributed by atoms with van der Waals surface area (Å²) in [5.74, 6) is 0.888. The molecule has 1 heterocycles. The summed E-state index contributed by atoms with van der Waals surface area (Å²) in [6.45, 7) is 3.01. The van der Waals surface area contributed by atoms with E-state index in [4.69, 9.17) is 16.3 Å². The molecule has 8 heteroatoms. The first-order chi connectivity index (χ1) is 14.4. The summed E-state index contributed by atoms with van der Waals surface area (Å²) >= 11 is 7.34. The third kappa shape index (κ3) is 5.15. The minimum Gasteiger partial charge on any atom is -0.497 e. The molecule has 0 saturated heterocycles. The number of carbonyl (C=O) groups excluding carboxylic acids is 1. The fraction of sp³-hybridized carbons (Fsp3) is 0.318. The Morgan fingerprint density at radius 1 is 1.27 bits per heavy atom. The number of fused-ring (bicyclic) bond motifs is 1. The van der Waals surface area contributed by atoms with Crippen LogP contribution < -0.4 is 10.3 Å². The van der Waals surface area contributed by atoms with Gasteiger partial charge in [0.2, 0.25) is 5.91 Å². The average molecular weight is 446 g/mol. The molecule has 0 aliphatic heterocycles. The van der Waals surface area contributed by atoms with Crippen molar-refractivity contribution in [3.8, 4) is 5.75 Å². The second kappa shape index (κ2) is 10.00. The highest BCUT2D eigenvalue weighted by Gasteiger charge is 2.15. The second-order valence-electron chi connectivity index (χ2n) is 6.90. The van der Waals surface area contributed by atoms with Crippen LogP contribution in [0.15, 0.2) is 52.4 Å². The van der Waals surface area contributed by atoms with Crippen LogP contribution in [0.5, 0.6) is 5.75 Å². The minimum atomic E-state index is -0.113. The van der Waals surface area contributed by atoms with E-state index >= 15 is 0 Å². The van der Waals surface area contributed by atoms with Crippen molar-refractivity contribution in [3.63, 3.8) is 0 Å². The van der Waals surface area contributed by atoms with Gasteiger partial charge in [0.15, 0.2) is 5.16 Å². The van der Waals surface area contributed by atoms with Gasteiger partial charge in [0.05, 0.1) is 23.8 Å². The van der Waals surface area contributed by atoms with Gasteiger partial charge in [-0.25, -0.2) is 4.98 Å². The molecule has 0 aliphatic rings. The van der Waals surface area contributed by atoms with E-state index in [0.29, 0.717) is 34.2 Å². The van der Waals surface area contributed by atoms with Crippen molar-refractivity contribution >= 4 is 40.2 Å². The Kier molecular flexibility index (Phi) is 7.39. The maximum atomic E-state index is 12.9. The van der Waals surface area contributed by atoms with E-state index in [1.165, 1.54) is 11.8 Å². The van der Waals surface area contributed by atoms with Crippen LogP contribution in [0.3, 0.4) is 0 Å². The van der Waals surface area contributed by atoms with E-state index in [1.54, 1.807) is 41.8 Å². The van der Waals surface area contributed by atoms with Crippen molar-refractivity contribution in [1.82, 2.24) is 14.5 Å². The molecular formula is C22H24ClN3O3S. The third-order valence-electron chi connectivity index (χ3n) is 4.63. The Hall–Kier alpha value is -2.51. The fourth-order valence-electron chi connectivity index (χ4n) is 3.07. The molecule has 1 aromatic heterocycles. The van der Waals surface area contributed by atoms with Gasteiger partial charge in [0, 0.05) is 25.2 Å². The molecule has 0 aliphatic carbocycles. The van der Waals surface area contributed by atoms with Crippen molar-refractivity contribution in [1.29, 1.82) is 0 Å². The van der Waals surface area contributed by atoms with E-state index in [9.17, 15) is 9.59 Å². The van der Waals surface area contributed by atoms with Crippen molar-refractivity contribution in [3.05, 3.63) is 63.4 Å². The van der Waals surface area contributed by atoms with E-state index in [1.807, 2.05) is 31.2 Å². The van der Waals surface area contributed by atoms with Gasteiger partial charge in [0.25, 0.3) is 5.56 Å². The maximum absolute atomic E-state index is 12.9. The zero-order valence-corrected chi connectivity index (χ0v) is 18.8. The number of nitrogens with zero attached hydrogens (tertiary/aromatic N) is 3. The number of carbonyl (C=O) groups is 1. The lowest BCUT2D eigenvalue weighted by Crippen LogP contribution is -2.29. The molecule has 0 N–H and O–H groups in total. The van der Waals surface area contributed by atoms with Crippen LogP contribution in [0.25, 0.3) is 10.9 Å². The number of aromatic nitrogens is 2. The highest BCUT2D eigenvalue weighted by molar-refractivity contribution is 7.99. The first-order valence-corrected chi connectivity index (χ1v) is 11.0. The van der Waals surface area contributed by atoms with Crippen LogP contribution in [0, 0.1) is 0 Å². The Balaban J connectivity index is 1.77. The summed E-state index contributed by atoms with van der Waals surface area (Å²) < 4.78 is 6.87. The molecule has 0 radical (unpaired) electrons. The predicted molar refractivity (Wildman–Crippen MR) is 121 cm³/mol. The number of halogens is 1. The lowest BCUT2D eigenvalue weighted by Gasteiger charge is -2.18. The van der Waals surface area contributed by atoms with Crippen LogP contribution in [-0.2, 0) is 17.9 Å². The number of hydrogen-bond acceptors (Lipinski definition) is 5. The summed E-state index contributed by atoms with van der Waals surface area (Å²) in [5.41, 5.74) is 1.41. The average Bonchev–Trinajstić information content (AvgIpc) is 2.74. The number of benzene rings is 2. The lowest BCUT2D eigenvalue weighted by molar-refractivity contribution is -0.127. The minimum absolute atomic E-state index is 0.0497. The summed E-state index contributed by atoms with van der Waals surface area (Å²) in [5, 5.41) is 1.58. The first kappa shape index (κ1) is 22.2. The predicted octanol–water partition coefficient (Wildman–Crippen LogP) is 4.22. The van der Waals surface area contributed by atoms with Gasteiger partial charge in [-0.15, -0.1) is 0 Å². The molecule has 3 aromatic rings. The van der Waals surface area contributed by atoms with Crippen LogP contribution >= 0.6 is 23.4 Å². The number of hydrogen-bond donors (Lipinski definition) is 0. The number of methoxy groups -OCH3 is 1. The molecule has 0 saturated carbocycles. The molecule has 0 fully saturated rings. The van der Waals surface area contributed by atoms with Gasteiger partial charge < -0.3 is 9.64 Å². The smallest absolute Gasteiger partial charge is 0.262 e. The molecule has 0 bridgehead atoms. The number of ether oxygens (including phenoxy) is 1. The first-order valence-electron chi connectivity index (χ1n) is 9.62. The largest absolute Gasteiger partial charge is 0.497 e. The Bertz CT molecular complexity index is 1120. The van der Waals surface area contributed by atoms with Crippen LogP contribution in [-0.4, -0.2) is 40.3 Å². The van der Waals surface area contributed by atoms with E-state index in [2.05, 4.69) is 4.98 Å². The van der Waals surface area contributed by atoms with Crippen molar-refractivity contribution in [2.45, 2.75) is 31.6 Å². The Morgan fingerprint density at radius 2 is 2.07 bits per heavy atom. The quantitative estimate of drug-likeness (QED) is 0.383. The third-order valence-corrected chi connectivity index (χ3v) is 5.83. The molecule has 2 aromatic carbocycles. The number of amides is 1. The van der Waals surface area contributed by atoms with Crippen LogP contribution in [0.1, 0.15) is 18.9 Å². The van der Waals surface area contributed by atoms with Crippen molar-refractivity contribution in [2.24, 2.45) is 0 Å². The van der Waals surface area contributed by atoms with E-state index in [-0.39, 0.29) is 17.2 Å². The van der Waals surface area contributed by atoms with E-state index in [0.717, 1.165) is 17.7 Å². The Morgan fingerprint density at radius 3 is 2.80 bits per heavy atom. The summed E-state index contributed by atoms with van der Waals surface area (Å²) in [7, 11) is 3.37. The second-order valence-corrected chi connectivity index (χ2v) is 8.28. The highest BCUT2D eigenvalue weighted by atomic mass is 35.5. The topological polar surface area (TPSA) is 64.4 Å². The summed E-state index contributed by atoms with van der Waals surface area (Å²) in [6.07, 6.45) is 0.790. The van der Waals surface area contributed by atoms with Gasteiger partial charge in [-0.1, -0.05) is 42.4 Å². The summed E-state index contributed by atoms with van der Waals surface area (Å²) in [6, 6.07) is 12.7. The van der Waals surface area contributed by atoms with E-state index < -0.39 is 0 Å². The van der Waals surface area contributed by atoms with Crippen molar-refractivity contribution in [2.75, 3.05) is 19.9 Å². The molecule has 0 unspecified atom stereocenters. The molecule has 1 amide bonds. The van der Waals surface area contributed by atoms with Gasteiger partial charge in [-0.05, 0) is 42.3 Å². The van der Waals surface area contributed by atoms with Crippen molar-refractivity contribution < 1.29 is 9.53 Å². The SMILES string of the molecule is CCCn1c(SCC(=O)N(C)Cc2cccc(OC)c2)nc2cc(Cl)ccc2c1=O. The molecular weight excluding hydrogens is 422 g/mol. The van der Waals surface area contributed by atoms with Gasteiger partial charge >= 0.3 is 0 Å². The summed E-state index contributed by atoms with van der Waals surface area (Å²) in [4.78, 5) is 31.8. The van der Waals surface area contributed by atoms with Gasteiger partial charge in [-0.2, -0.15) is 0 Å². The highest BCUT2D eigenvalue weighted by Crippen LogP contribution is 2.21. The zero-order valence-electron chi connectivity index (χ0n) is 17.2. The van der Waals surface area contributed by atoms with Gasteiger partial charge in [-0.3, -0.25) is 14.2 Å². The number of rotatable bonds is 8. The zero-order chi connectivity index (χ0) is 21.7. The molecule has 0 spiro atoms. The fourth-order valence-corrected chi connectivity index (χ4v) is 4.21.